The molecule has 0 spiro atoms. The van der Waals surface area contributed by atoms with Gasteiger partial charge < -0.3 is 4.42 Å². The Morgan fingerprint density at radius 1 is 1.13 bits per heavy atom. The standard InChI is InChI=1S/C11H7NO3/c13-11(12-14)9-5-2-1-4-8(9)10-6-3-7-15-10/h1-7H. The minimum Gasteiger partial charge on any atom is -0.464 e. The molecule has 1 aromatic carbocycles. The lowest BCUT2D eigenvalue weighted by Crippen LogP contribution is -1.96. The number of benzene rings is 1. The molecule has 1 amide bonds. The highest BCUT2D eigenvalue weighted by molar-refractivity contribution is 6.00. The number of nitrogens with zero attached hydrogens (tertiary/aromatic N) is 1. The summed E-state index contributed by atoms with van der Waals surface area (Å²) in [5.41, 5.74) is 0.828. The van der Waals surface area contributed by atoms with Crippen molar-refractivity contribution in [3.05, 3.63) is 53.1 Å². The van der Waals surface area contributed by atoms with Crippen molar-refractivity contribution in [2.24, 2.45) is 5.18 Å². The van der Waals surface area contributed by atoms with E-state index in [0.29, 0.717) is 11.3 Å². The molecule has 1 aromatic heterocycles. The third kappa shape index (κ3) is 1.69. The lowest BCUT2D eigenvalue weighted by Gasteiger charge is -2.00. The van der Waals surface area contributed by atoms with Crippen LogP contribution in [-0.2, 0) is 0 Å². The molecule has 0 saturated heterocycles. The maximum atomic E-state index is 11.2. The lowest BCUT2D eigenvalue weighted by atomic mass is 10.1. The van der Waals surface area contributed by atoms with Crippen LogP contribution in [0.4, 0.5) is 0 Å². The van der Waals surface area contributed by atoms with Gasteiger partial charge in [-0.3, -0.25) is 4.79 Å². The number of hydrogen-bond donors (Lipinski definition) is 0. The Balaban J connectivity index is 2.57. The molecule has 0 unspecified atom stereocenters. The van der Waals surface area contributed by atoms with Crippen molar-refractivity contribution in [2.75, 3.05) is 0 Å². The fourth-order valence-electron chi connectivity index (χ4n) is 1.37. The second-order valence-corrected chi connectivity index (χ2v) is 2.92. The molecule has 74 valence electrons. The van der Waals surface area contributed by atoms with E-state index in [4.69, 9.17) is 4.42 Å². The molecule has 0 atom stereocenters. The van der Waals surface area contributed by atoms with Gasteiger partial charge in [0.1, 0.15) is 5.76 Å². The number of amides is 1. The fraction of sp³-hybridized carbons (Fsp3) is 0. The van der Waals surface area contributed by atoms with Crippen LogP contribution in [0, 0.1) is 4.91 Å². The van der Waals surface area contributed by atoms with Crippen molar-refractivity contribution in [3.63, 3.8) is 0 Å². The van der Waals surface area contributed by atoms with Crippen LogP contribution in [0.15, 0.2) is 52.3 Å². The Hall–Kier alpha value is -2.23. The van der Waals surface area contributed by atoms with E-state index >= 15 is 0 Å². The Morgan fingerprint density at radius 2 is 1.93 bits per heavy atom. The van der Waals surface area contributed by atoms with E-state index in [9.17, 15) is 9.70 Å². The molecule has 0 aliphatic heterocycles. The molecule has 0 aliphatic rings. The van der Waals surface area contributed by atoms with Crippen molar-refractivity contribution >= 4 is 5.91 Å². The van der Waals surface area contributed by atoms with Crippen LogP contribution in [0.25, 0.3) is 11.3 Å². The highest BCUT2D eigenvalue weighted by atomic mass is 16.3. The van der Waals surface area contributed by atoms with Crippen molar-refractivity contribution in [1.82, 2.24) is 0 Å². The Kier molecular flexibility index (Phi) is 2.41. The van der Waals surface area contributed by atoms with Gasteiger partial charge >= 0.3 is 5.91 Å². The maximum absolute atomic E-state index is 11.2. The largest absolute Gasteiger partial charge is 0.464 e. The molecular weight excluding hydrogens is 194 g/mol. The van der Waals surface area contributed by atoms with E-state index in [-0.39, 0.29) is 5.56 Å². The van der Waals surface area contributed by atoms with E-state index in [1.165, 1.54) is 6.26 Å². The highest BCUT2D eigenvalue weighted by Gasteiger charge is 2.13. The summed E-state index contributed by atoms with van der Waals surface area (Å²) in [6.45, 7) is 0. The minimum absolute atomic E-state index is 0.252. The van der Waals surface area contributed by atoms with Crippen LogP contribution in [0.3, 0.4) is 0 Å². The molecule has 15 heavy (non-hydrogen) atoms. The highest BCUT2D eigenvalue weighted by Crippen LogP contribution is 2.24. The predicted molar refractivity (Wildman–Crippen MR) is 54.3 cm³/mol. The van der Waals surface area contributed by atoms with Gasteiger partial charge in [0.2, 0.25) is 0 Å². The third-order valence-electron chi connectivity index (χ3n) is 2.03. The summed E-state index contributed by atoms with van der Waals surface area (Å²) in [7, 11) is 0. The van der Waals surface area contributed by atoms with Gasteiger partial charge in [-0.15, -0.1) is 4.91 Å². The van der Waals surface area contributed by atoms with Crippen LogP contribution in [-0.4, -0.2) is 5.91 Å². The van der Waals surface area contributed by atoms with Gasteiger partial charge in [0, 0.05) is 10.7 Å². The summed E-state index contributed by atoms with van der Waals surface area (Å²) in [4.78, 5) is 21.4. The first-order valence-electron chi connectivity index (χ1n) is 4.33. The summed E-state index contributed by atoms with van der Waals surface area (Å²) in [6, 6.07) is 10.1. The summed E-state index contributed by atoms with van der Waals surface area (Å²) in [6.07, 6.45) is 1.50. The first-order valence-corrected chi connectivity index (χ1v) is 4.33. The number of carbonyl (C=O) groups is 1. The first-order chi connectivity index (χ1) is 7.33. The molecule has 0 fully saturated rings. The van der Waals surface area contributed by atoms with Gasteiger partial charge in [-0.05, 0) is 18.2 Å². The van der Waals surface area contributed by atoms with Crippen molar-refractivity contribution in [1.29, 1.82) is 0 Å². The van der Waals surface area contributed by atoms with Crippen LogP contribution < -0.4 is 0 Å². The average molecular weight is 201 g/mol. The summed E-state index contributed by atoms with van der Waals surface area (Å²) >= 11 is 0. The van der Waals surface area contributed by atoms with Crippen molar-refractivity contribution in [3.8, 4) is 11.3 Å². The van der Waals surface area contributed by atoms with Gasteiger partial charge in [0.25, 0.3) is 0 Å². The van der Waals surface area contributed by atoms with E-state index in [2.05, 4.69) is 5.18 Å². The Bertz CT molecular complexity index is 488. The van der Waals surface area contributed by atoms with Gasteiger partial charge in [-0.1, -0.05) is 18.2 Å². The number of hydrogen-bond acceptors (Lipinski definition) is 3. The molecule has 4 nitrogen and oxygen atoms in total. The zero-order chi connectivity index (χ0) is 10.7. The molecule has 0 aliphatic carbocycles. The fourth-order valence-corrected chi connectivity index (χ4v) is 1.37. The molecule has 0 bridgehead atoms. The van der Waals surface area contributed by atoms with Crippen LogP contribution in [0.1, 0.15) is 10.4 Å². The first kappa shape index (κ1) is 9.33. The topological polar surface area (TPSA) is 59.6 Å². The molecule has 2 rings (SSSR count). The average Bonchev–Trinajstić information content (AvgIpc) is 2.81. The third-order valence-corrected chi connectivity index (χ3v) is 2.03. The molecular formula is C11H7NO3. The number of nitroso groups, excluding NO2 is 1. The van der Waals surface area contributed by atoms with E-state index in [1.54, 1.807) is 36.4 Å². The van der Waals surface area contributed by atoms with Crippen molar-refractivity contribution in [2.45, 2.75) is 0 Å². The normalized spacial score (nSPS) is 9.87. The quantitative estimate of drug-likeness (QED) is 0.702. The van der Waals surface area contributed by atoms with Crippen molar-refractivity contribution < 1.29 is 9.21 Å². The predicted octanol–water partition coefficient (Wildman–Crippen LogP) is 2.85. The Labute approximate surface area is 85.5 Å². The number of furan rings is 1. The second kappa shape index (κ2) is 3.88. The van der Waals surface area contributed by atoms with Gasteiger partial charge in [-0.2, -0.15) is 0 Å². The van der Waals surface area contributed by atoms with E-state index in [0.717, 1.165) is 0 Å². The zero-order valence-corrected chi connectivity index (χ0v) is 7.71. The molecule has 2 aromatic rings. The van der Waals surface area contributed by atoms with Gasteiger partial charge in [0.15, 0.2) is 0 Å². The monoisotopic (exact) mass is 201 g/mol. The molecule has 0 N–H and O–H groups in total. The number of carbonyl (C=O) groups excluding carboxylic acids is 1. The maximum Gasteiger partial charge on any atom is 0.317 e. The molecule has 1 heterocycles. The van der Waals surface area contributed by atoms with Gasteiger partial charge in [0.05, 0.1) is 11.8 Å². The smallest absolute Gasteiger partial charge is 0.317 e. The van der Waals surface area contributed by atoms with Crippen LogP contribution in [0.2, 0.25) is 0 Å². The minimum atomic E-state index is -0.790. The molecule has 0 radical (unpaired) electrons. The van der Waals surface area contributed by atoms with E-state index < -0.39 is 5.91 Å². The summed E-state index contributed by atoms with van der Waals surface area (Å²) < 4.78 is 5.16. The van der Waals surface area contributed by atoms with E-state index in [1.807, 2.05) is 0 Å². The van der Waals surface area contributed by atoms with Crippen LogP contribution in [0.5, 0.6) is 0 Å². The second-order valence-electron chi connectivity index (χ2n) is 2.92. The summed E-state index contributed by atoms with van der Waals surface area (Å²) in [5, 5.41) is 2.40. The SMILES string of the molecule is O=NC(=O)c1ccccc1-c1ccco1. The van der Waals surface area contributed by atoms with Crippen LogP contribution >= 0.6 is 0 Å². The molecule has 0 saturated carbocycles. The Morgan fingerprint density at radius 3 is 2.60 bits per heavy atom. The lowest BCUT2D eigenvalue weighted by molar-refractivity contribution is 0.100. The molecule has 4 heteroatoms. The number of rotatable bonds is 2. The zero-order valence-electron chi connectivity index (χ0n) is 7.71. The summed E-state index contributed by atoms with van der Waals surface area (Å²) in [5.74, 6) is -0.246. The van der Waals surface area contributed by atoms with Gasteiger partial charge in [-0.25, -0.2) is 0 Å².